The molecule has 0 saturated carbocycles. The first kappa shape index (κ1) is 12.3. The maximum absolute atomic E-state index is 11.6. The largest absolute Gasteiger partial charge is 0.336 e. The molecule has 4 heteroatoms. The minimum atomic E-state index is -0.0444. The van der Waals surface area contributed by atoms with Gasteiger partial charge in [0.05, 0.1) is 0 Å². The molecule has 0 aromatic carbocycles. The second-order valence-corrected chi connectivity index (χ2v) is 5.12. The fourth-order valence-corrected chi connectivity index (χ4v) is 1.81. The molecule has 15 heavy (non-hydrogen) atoms. The van der Waals surface area contributed by atoms with Gasteiger partial charge in [-0.25, -0.2) is 4.79 Å². The molecule has 0 aliphatic carbocycles. The number of amides is 2. The third kappa shape index (κ3) is 4.08. The number of piperidine rings is 1. The Hall–Kier alpha value is -0.770. The molecule has 0 bridgehead atoms. The van der Waals surface area contributed by atoms with Gasteiger partial charge in [-0.3, -0.25) is 0 Å². The standard InChI is InChI=1S/C11H23N3O/c1-9(2)12-10(15)13-11(3)5-7-14(4)8-6-11/h9H,5-8H2,1-4H3,(H2,12,13,15). The number of hydrogen-bond donors (Lipinski definition) is 2. The van der Waals surface area contributed by atoms with Crippen LogP contribution in [0.2, 0.25) is 0 Å². The van der Waals surface area contributed by atoms with Gasteiger partial charge in [0.1, 0.15) is 0 Å². The number of rotatable bonds is 2. The lowest BCUT2D eigenvalue weighted by Gasteiger charge is -2.38. The van der Waals surface area contributed by atoms with Crippen LogP contribution in [0.1, 0.15) is 33.6 Å². The third-order valence-corrected chi connectivity index (χ3v) is 2.93. The minimum absolute atomic E-state index is 0.0362. The number of nitrogens with one attached hydrogen (secondary N) is 2. The molecule has 0 atom stereocenters. The van der Waals surface area contributed by atoms with Gasteiger partial charge < -0.3 is 15.5 Å². The minimum Gasteiger partial charge on any atom is -0.336 e. The van der Waals surface area contributed by atoms with Crippen molar-refractivity contribution < 1.29 is 4.79 Å². The van der Waals surface area contributed by atoms with Gasteiger partial charge >= 0.3 is 6.03 Å². The van der Waals surface area contributed by atoms with Gasteiger partial charge in [-0.15, -0.1) is 0 Å². The molecule has 2 N–H and O–H groups in total. The van der Waals surface area contributed by atoms with Crippen LogP contribution in [-0.4, -0.2) is 42.6 Å². The van der Waals surface area contributed by atoms with Crippen molar-refractivity contribution in [2.24, 2.45) is 0 Å². The predicted octanol–water partition coefficient (Wildman–Crippen LogP) is 1.18. The van der Waals surface area contributed by atoms with E-state index in [1.165, 1.54) is 0 Å². The van der Waals surface area contributed by atoms with Gasteiger partial charge in [-0.1, -0.05) is 0 Å². The Bertz CT molecular complexity index is 220. The Morgan fingerprint density at radius 1 is 1.33 bits per heavy atom. The van der Waals surface area contributed by atoms with Crippen molar-refractivity contribution in [1.82, 2.24) is 15.5 Å². The molecular weight excluding hydrogens is 190 g/mol. The SMILES string of the molecule is CC(C)NC(=O)NC1(C)CCN(C)CC1. The summed E-state index contributed by atoms with van der Waals surface area (Å²) in [5, 5.41) is 5.93. The molecule has 0 spiro atoms. The molecule has 0 unspecified atom stereocenters. The Balaban J connectivity index is 2.39. The topological polar surface area (TPSA) is 44.4 Å². The first-order valence-corrected chi connectivity index (χ1v) is 5.68. The van der Waals surface area contributed by atoms with Gasteiger partial charge in [-0.2, -0.15) is 0 Å². The molecule has 0 radical (unpaired) electrons. The Morgan fingerprint density at radius 2 is 1.87 bits per heavy atom. The van der Waals surface area contributed by atoms with E-state index in [0.29, 0.717) is 0 Å². The lowest BCUT2D eigenvalue weighted by atomic mass is 9.90. The maximum Gasteiger partial charge on any atom is 0.315 e. The normalized spacial score (nSPS) is 21.4. The van der Waals surface area contributed by atoms with Crippen LogP contribution in [0, 0.1) is 0 Å². The highest BCUT2D eigenvalue weighted by Gasteiger charge is 2.30. The second kappa shape index (κ2) is 4.84. The summed E-state index contributed by atoms with van der Waals surface area (Å²) in [7, 11) is 2.12. The zero-order chi connectivity index (χ0) is 11.5. The van der Waals surface area contributed by atoms with E-state index in [4.69, 9.17) is 0 Å². The predicted molar refractivity (Wildman–Crippen MR) is 61.9 cm³/mol. The van der Waals surface area contributed by atoms with E-state index in [2.05, 4.69) is 29.5 Å². The van der Waals surface area contributed by atoms with Crippen LogP contribution >= 0.6 is 0 Å². The summed E-state index contributed by atoms with van der Waals surface area (Å²) in [4.78, 5) is 13.9. The van der Waals surface area contributed by atoms with Crippen molar-refractivity contribution in [1.29, 1.82) is 0 Å². The van der Waals surface area contributed by atoms with Gasteiger partial charge in [0.15, 0.2) is 0 Å². The van der Waals surface area contributed by atoms with Gasteiger partial charge in [-0.05, 0) is 40.7 Å². The summed E-state index contributed by atoms with van der Waals surface area (Å²) < 4.78 is 0. The summed E-state index contributed by atoms with van der Waals surface area (Å²) in [5.74, 6) is 0. The highest BCUT2D eigenvalue weighted by Crippen LogP contribution is 2.20. The van der Waals surface area contributed by atoms with Crippen molar-refractivity contribution in [3.63, 3.8) is 0 Å². The van der Waals surface area contributed by atoms with Crippen molar-refractivity contribution in [3.05, 3.63) is 0 Å². The first-order valence-electron chi connectivity index (χ1n) is 5.68. The fourth-order valence-electron chi connectivity index (χ4n) is 1.81. The molecule has 1 aliphatic heterocycles. The smallest absolute Gasteiger partial charge is 0.315 e. The molecule has 1 saturated heterocycles. The summed E-state index contributed by atoms with van der Waals surface area (Å²) in [5.41, 5.74) is -0.0362. The highest BCUT2D eigenvalue weighted by atomic mass is 16.2. The second-order valence-electron chi connectivity index (χ2n) is 5.12. The van der Waals surface area contributed by atoms with Crippen LogP contribution in [0.5, 0.6) is 0 Å². The molecular formula is C11H23N3O. The monoisotopic (exact) mass is 213 g/mol. The van der Waals surface area contributed by atoms with Crippen molar-refractivity contribution >= 4 is 6.03 Å². The fraction of sp³-hybridized carbons (Fsp3) is 0.909. The number of nitrogens with zero attached hydrogens (tertiary/aromatic N) is 1. The molecule has 1 rings (SSSR count). The Labute approximate surface area is 92.4 Å². The van der Waals surface area contributed by atoms with Crippen molar-refractivity contribution in [2.45, 2.75) is 45.2 Å². The summed E-state index contributed by atoms with van der Waals surface area (Å²) in [6.07, 6.45) is 2.05. The summed E-state index contributed by atoms with van der Waals surface area (Å²) in [6, 6.07) is 0.150. The Kier molecular flexibility index (Phi) is 3.97. The summed E-state index contributed by atoms with van der Waals surface area (Å²) >= 11 is 0. The number of hydrogen-bond acceptors (Lipinski definition) is 2. The van der Waals surface area contributed by atoms with Crippen molar-refractivity contribution in [2.75, 3.05) is 20.1 Å². The molecule has 4 nitrogen and oxygen atoms in total. The molecule has 2 amide bonds. The lowest BCUT2D eigenvalue weighted by molar-refractivity contribution is 0.167. The van der Waals surface area contributed by atoms with Crippen LogP contribution in [0.3, 0.4) is 0 Å². The van der Waals surface area contributed by atoms with Crippen molar-refractivity contribution in [3.8, 4) is 0 Å². The van der Waals surface area contributed by atoms with Crippen LogP contribution in [0.4, 0.5) is 4.79 Å². The summed E-state index contributed by atoms with van der Waals surface area (Å²) in [6.45, 7) is 8.17. The third-order valence-electron chi connectivity index (χ3n) is 2.93. The first-order chi connectivity index (χ1) is 6.91. The van der Waals surface area contributed by atoms with E-state index in [0.717, 1.165) is 25.9 Å². The molecule has 0 aromatic rings. The number of carbonyl (C=O) groups is 1. The quantitative estimate of drug-likeness (QED) is 0.723. The molecule has 1 aliphatic rings. The molecule has 1 heterocycles. The van der Waals surface area contributed by atoms with Crippen LogP contribution in [0.15, 0.2) is 0 Å². The van der Waals surface area contributed by atoms with E-state index < -0.39 is 0 Å². The van der Waals surface area contributed by atoms with E-state index in [1.807, 2.05) is 13.8 Å². The van der Waals surface area contributed by atoms with Crippen LogP contribution in [0.25, 0.3) is 0 Å². The molecule has 1 fully saturated rings. The number of likely N-dealkylation sites (tertiary alicyclic amines) is 1. The van der Waals surface area contributed by atoms with Gasteiger partial charge in [0, 0.05) is 24.7 Å². The molecule has 88 valence electrons. The molecule has 0 aromatic heterocycles. The average molecular weight is 213 g/mol. The van der Waals surface area contributed by atoms with E-state index in [1.54, 1.807) is 0 Å². The zero-order valence-electron chi connectivity index (χ0n) is 10.3. The van der Waals surface area contributed by atoms with Crippen LogP contribution in [-0.2, 0) is 0 Å². The maximum atomic E-state index is 11.6. The van der Waals surface area contributed by atoms with Crippen LogP contribution < -0.4 is 10.6 Å². The van der Waals surface area contributed by atoms with E-state index >= 15 is 0 Å². The lowest BCUT2D eigenvalue weighted by Crippen LogP contribution is -2.56. The van der Waals surface area contributed by atoms with Gasteiger partial charge in [0.25, 0.3) is 0 Å². The average Bonchev–Trinajstić information content (AvgIpc) is 2.09. The van der Waals surface area contributed by atoms with Gasteiger partial charge in [0.2, 0.25) is 0 Å². The number of carbonyl (C=O) groups excluding carboxylic acids is 1. The highest BCUT2D eigenvalue weighted by molar-refractivity contribution is 5.75. The Morgan fingerprint density at radius 3 is 2.33 bits per heavy atom. The van der Waals surface area contributed by atoms with E-state index in [9.17, 15) is 4.79 Å². The number of urea groups is 1. The van der Waals surface area contributed by atoms with E-state index in [-0.39, 0.29) is 17.6 Å². The zero-order valence-corrected chi connectivity index (χ0v) is 10.3.